The van der Waals surface area contributed by atoms with Crippen LogP contribution in [0, 0.1) is 13.8 Å². The number of pyridine rings is 1. The quantitative estimate of drug-likeness (QED) is 0.581. The van der Waals surface area contributed by atoms with E-state index in [4.69, 9.17) is 0 Å². The highest BCUT2D eigenvalue weighted by molar-refractivity contribution is 7.92. The lowest BCUT2D eigenvalue weighted by atomic mass is 9.92. The zero-order valence-corrected chi connectivity index (χ0v) is 21.7. The number of aromatic nitrogens is 1. The molecule has 0 atom stereocenters. The van der Waals surface area contributed by atoms with E-state index in [0.29, 0.717) is 5.56 Å². The van der Waals surface area contributed by atoms with E-state index < -0.39 is 41.9 Å². The van der Waals surface area contributed by atoms with Gasteiger partial charge in [-0.25, -0.2) is 26.2 Å². The number of halogens is 1. The van der Waals surface area contributed by atoms with Gasteiger partial charge in [0.15, 0.2) is 9.84 Å². The third-order valence-corrected chi connectivity index (χ3v) is 10.9. The summed E-state index contributed by atoms with van der Waals surface area (Å²) >= 11 is 0. The van der Waals surface area contributed by atoms with Gasteiger partial charge >= 0.3 is 0 Å². The fourth-order valence-corrected chi connectivity index (χ4v) is 7.25. The number of nitrogens with zero attached hydrogens (tertiary/aromatic N) is 2. The maximum absolute atomic E-state index is 15.7. The van der Waals surface area contributed by atoms with Crippen LogP contribution in [0.1, 0.15) is 61.1 Å². The molecule has 1 aliphatic rings. The van der Waals surface area contributed by atoms with E-state index in [2.05, 4.69) is 4.98 Å². The van der Waals surface area contributed by atoms with Gasteiger partial charge in [-0.15, -0.1) is 0 Å². The first kappa shape index (κ1) is 26.3. The average molecular weight is 511 g/mol. The van der Waals surface area contributed by atoms with Gasteiger partial charge in [0.1, 0.15) is 5.69 Å². The van der Waals surface area contributed by atoms with Gasteiger partial charge in [0.2, 0.25) is 14.8 Å². The first-order valence-electron chi connectivity index (χ1n) is 11.2. The van der Waals surface area contributed by atoms with E-state index in [1.165, 1.54) is 50.2 Å². The lowest BCUT2D eigenvalue weighted by Crippen LogP contribution is -2.46. The minimum atomic E-state index is -4.21. The minimum Gasteiger partial charge on any atom is -0.337 e. The van der Waals surface area contributed by atoms with Crippen LogP contribution in [0.5, 0.6) is 0 Å². The summed E-state index contributed by atoms with van der Waals surface area (Å²) in [7, 11) is -6.45. The van der Waals surface area contributed by atoms with E-state index in [9.17, 15) is 21.6 Å². The molecule has 0 aliphatic heterocycles. The Morgan fingerprint density at radius 1 is 1.09 bits per heavy atom. The standard InChI is InChI=1S/C24H31FN2O5S2/c1-16(2)33(29,30)21-14-18(4)15-26-22(21)23(28)27(5)19-9-11-24(25,12-10-19)34(31,32)20-8-6-7-17(3)13-20/h6-8,13-16,19H,9-12H2,1-5H3/t19-,24+. The Bertz CT molecular complexity index is 1300. The summed E-state index contributed by atoms with van der Waals surface area (Å²) in [6, 6.07) is 7.17. The van der Waals surface area contributed by atoms with Gasteiger partial charge in [0.25, 0.3) is 5.91 Å². The molecule has 2 aromatic rings. The summed E-state index contributed by atoms with van der Waals surface area (Å²) in [5.74, 6) is -0.586. The van der Waals surface area contributed by atoms with Crippen LogP contribution in [0.15, 0.2) is 46.3 Å². The van der Waals surface area contributed by atoms with Crippen molar-refractivity contribution in [2.45, 2.75) is 79.5 Å². The number of amides is 1. The van der Waals surface area contributed by atoms with Crippen LogP contribution in [-0.2, 0) is 19.7 Å². The van der Waals surface area contributed by atoms with Crippen LogP contribution in [0.25, 0.3) is 0 Å². The molecule has 0 radical (unpaired) electrons. The second-order valence-electron chi connectivity index (χ2n) is 9.30. The molecule has 1 fully saturated rings. The first-order valence-corrected chi connectivity index (χ1v) is 14.2. The van der Waals surface area contributed by atoms with Crippen LogP contribution in [-0.4, -0.2) is 56.0 Å². The minimum absolute atomic E-state index is 0.0507. The van der Waals surface area contributed by atoms with Gasteiger partial charge < -0.3 is 4.90 Å². The number of hydrogen-bond acceptors (Lipinski definition) is 6. The Hall–Kier alpha value is -2.33. The predicted octanol–water partition coefficient (Wildman–Crippen LogP) is 4.03. The molecule has 0 unspecified atom stereocenters. The second-order valence-corrected chi connectivity index (χ2v) is 14.0. The highest BCUT2D eigenvalue weighted by atomic mass is 32.2. The molecule has 0 N–H and O–H groups in total. The van der Waals surface area contributed by atoms with Gasteiger partial charge in [0, 0.05) is 19.3 Å². The maximum Gasteiger partial charge on any atom is 0.273 e. The highest BCUT2D eigenvalue weighted by Crippen LogP contribution is 2.41. The van der Waals surface area contributed by atoms with Crippen molar-refractivity contribution in [2.24, 2.45) is 0 Å². The van der Waals surface area contributed by atoms with Gasteiger partial charge in [-0.05, 0) is 82.7 Å². The van der Waals surface area contributed by atoms with E-state index in [-0.39, 0.29) is 41.2 Å². The first-order chi connectivity index (χ1) is 15.7. The Morgan fingerprint density at radius 3 is 2.26 bits per heavy atom. The van der Waals surface area contributed by atoms with E-state index >= 15 is 4.39 Å². The smallest absolute Gasteiger partial charge is 0.273 e. The number of carbonyl (C=O) groups excluding carboxylic acids is 1. The summed E-state index contributed by atoms with van der Waals surface area (Å²) in [4.78, 5) is 18.5. The van der Waals surface area contributed by atoms with Gasteiger partial charge in [-0.1, -0.05) is 12.1 Å². The normalized spacial score (nSPS) is 21.4. The molecule has 3 rings (SSSR count). The molecule has 1 amide bonds. The predicted molar refractivity (Wildman–Crippen MR) is 128 cm³/mol. The second kappa shape index (κ2) is 9.37. The molecule has 1 saturated carbocycles. The number of hydrogen-bond donors (Lipinski definition) is 0. The van der Waals surface area contributed by atoms with Crippen molar-refractivity contribution in [1.29, 1.82) is 0 Å². The molecule has 1 aromatic heterocycles. The fourth-order valence-electron chi connectivity index (χ4n) is 4.19. The Morgan fingerprint density at radius 2 is 1.71 bits per heavy atom. The average Bonchev–Trinajstić information content (AvgIpc) is 2.78. The van der Waals surface area contributed by atoms with Crippen LogP contribution >= 0.6 is 0 Å². The molecule has 1 heterocycles. The Labute approximate surface area is 201 Å². The van der Waals surface area contributed by atoms with Crippen molar-refractivity contribution in [2.75, 3.05) is 7.05 Å². The molecule has 186 valence electrons. The Kier molecular flexibility index (Phi) is 7.24. The summed E-state index contributed by atoms with van der Waals surface area (Å²) in [6.45, 7) is 6.51. The van der Waals surface area contributed by atoms with Crippen LogP contribution < -0.4 is 0 Å². The number of carbonyl (C=O) groups is 1. The third-order valence-electron chi connectivity index (χ3n) is 6.47. The van der Waals surface area contributed by atoms with Crippen molar-refractivity contribution >= 4 is 25.6 Å². The largest absolute Gasteiger partial charge is 0.337 e. The van der Waals surface area contributed by atoms with Crippen molar-refractivity contribution in [3.05, 3.63) is 53.3 Å². The molecule has 0 bridgehead atoms. The number of alkyl halides is 1. The summed E-state index contributed by atoms with van der Waals surface area (Å²) in [5.41, 5.74) is 1.16. The van der Waals surface area contributed by atoms with Crippen LogP contribution in [0.3, 0.4) is 0 Å². The van der Waals surface area contributed by atoms with Crippen molar-refractivity contribution in [3.63, 3.8) is 0 Å². The van der Waals surface area contributed by atoms with Gasteiger partial charge in [-0.3, -0.25) is 4.79 Å². The summed E-state index contributed by atoms with van der Waals surface area (Å²) in [6.07, 6.45) is 1.17. The molecule has 1 aliphatic carbocycles. The SMILES string of the molecule is Cc1cccc(S(=O)(=O)[C@]2(F)CC[C@H](N(C)C(=O)c3ncc(C)cc3S(=O)(=O)C(C)C)CC2)c1. The lowest BCUT2D eigenvalue weighted by molar-refractivity contribution is 0.0621. The fraction of sp³-hybridized carbons (Fsp3) is 0.500. The van der Waals surface area contributed by atoms with Crippen molar-refractivity contribution in [3.8, 4) is 0 Å². The van der Waals surface area contributed by atoms with Crippen molar-refractivity contribution in [1.82, 2.24) is 9.88 Å². The molecule has 1 aromatic carbocycles. The summed E-state index contributed by atoms with van der Waals surface area (Å²) in [5, 5.41) is -3.16. The zero-order valence-electron chi connectivity index (χ0n) is 20.1. The highest BCUT2D eigenvalue weighted by Gasteiger charge is 2.48. The molecule has 7 nitrogen and oxygen atoms in total. The number of benzene rings is 1. The summed E-state index contributed by atoms with van der Waals surface area (Å²) < 4.78 is 67.4. The number of sulfone groups is 2. The molecule has 10 heteroatoms. The van der Waals surface area contributed by atoms with Crippen LogP contribution in [0.2, 0.25) is 0 Å². The number of rotatable bonds is 6. The monoisotopic (exact) mass is 510 g/mol. The van der Waals surface area contributed by atoms with Gasteiger partial charge in [-0.2, -0.15) is 0 Å². The van der Waals surface area contributed by atoms with Crippen molar-refractivity contribution < 1.29 is 26.0 Å². The number of aryl methyl sites for hydroxylation is 2. The molecular weight excluding hydrogens is 479 g/mol. The van der Waals surface area contributed by atoms with E-state index in [1.807, 2.05) is 0 Å². The lowest BCUT2D eigenvalue weighted by Gasteiger charge is -2.37. The van der Waals surface area contributed by atoms with E-state index in [0.717, 1.165) is 5.56 Å². The molecule has 34 heavy (non-hydrogen) atoms. The molecular formula is C24H31FN2O5S2. The maximum atomic E-state index is 15.7. The molecule has 0 saturated heterocycles. The third kappa shape index (κ3) is 4.75. The topological polar surface area (TPSA) is 101 Å². The Balaban J connectivity index is 1.83. The van der Waals surface area contributed by atoms with Gasteiger partial charge in [0.05, 0.1) is 15.0 Å². The van der Waals surface area contributed by atoms with E-state index in [1.54, 1.807) is 26.0 Å². The molecule has 0 spiro atoms. The van der Waals surface area contributed by atoms with Crippen LogP contribution in [0.4, 0.5) is 4.39 Å². The zero-order chi connectivity index (χ0) is 25.5.